The summed E-state index contributed by atoms with van der Waals surface area (Å²) in [6, 6.07) is 8.09. The fraction of sp³-hybridized carbons (Fsp3) is 0.182. The summed E-state index contributed by atoms with van der Waals surface area (Å²) in [4.78, 5) is 11.9. The van der Waals surface area contributed by atoms with Gasteiger partial charge in [0.15, 0.2) is 5.82 Å². The van der Waals surface area contributed by atoms with Gasteiger partial charge in [-0.1, -0.05) is 11.3 Å². The number of nitrogens with zero attached hydrogens (tertiary/aromatic N) is 4. The van der Waals surface area contributed by atoms with Gasteiger partial charge in [0, 0.05) is 5.56 Å². The van der Waals surface area contributed by atoms with Crippen molar-refractivity contribution < 1.29 is 4.79 Å². The van der Waals surface area contributed by atoms with Gasteiger partial charge in [0.1, 0.15) is 0 Å². The maximum Gasteiger partial charge on any atom is 0.251 e. The molecule has 0 aliphatic rings. The Bertz CT molecular complexity index is 586. The zero-order valence-corrected chi connectivity index (χ0v) is 9.58. The number of carbonyl (C=O) groups excluding carboxylic acids is 1. The molecule has 18 heavy (non-hydrogen) atoms. The van der Waals surface area contributed by atoms with Crippen LogP contribution in [0.1, 0.15) is 34.7 Å². The van der Waals surface area contributed by atoms with Gasteiger partial charge in [-0.05, 0) is 25.1 Å². The SMILES string of the molecule is CC(NC(=O)c1cccc(C#N)c1)c1nn[nH]n1. The van der Waals surface area contributed by atoms with E-state index in [9.17, 15) is 4.79 Å². The van der Waals surface area contributed by atoms with Crippen molar-refractivity contribution in [3.63, 3.8) is 0 Å². The Morgan fingerprint density at radius 2 is 2.39 bits per heavy atom. The van der Waals surface area contributed by atoms with E-state index in [1.54, 1.807) is 25.1 Å². The van der Waals surface area contributed by atoms with E-state index in [1.165, 1.54) is 6.07 Å². The summed E-state index contributed by atoms with van der Waals surface area (Å²) in [5.41, 5.74) is 0.860. The van der Waals surface area contributed by atoms with Gasteiger partial charge >= 0.3 is 0 Å². The maximum absolute atomic E-state index is 11.9. The van der Waals surface area contributed by atoms with Crippen LogP contribution in [-0.4, -0.2) is 26.5 Å². The minimum atomic E-state index is -0.359. The molecular weight excluding hydrogens is 232 g/mol. The van der Waals surface area contributed by atoms with E-state index < -0.39 is 0 Å². The Kier molecular flexibility index (Phi) is 3.29. The van der Waals surface area contributed by atoms with E-state index in [0.29, 0.717) is 17.0 Å². The Morgan fingerprint density at radius 1 is 1.56 bits per heavy atom. The van der Waals surface area contributed by atoms with Crippen LogP contribution < -0.4 is 5.32 Å². The van der Waals surface area contributed by atoms with Gasteiger partial charge in [-0.3, -0.25) is 4.79 Å². The standard InChI is InChI=1S/C11H10N6O/c1-7(10-14-16-17-15-10)13-11(18)9-4-2-3-8(5-9)6-12/h2-5,7H,1H3,(H,13,18)(H,14,15,16,17). The first kappa shape index (κ1) is 11.7. The first-order valence-electron chi connectivity index (χ1n) is 5.25. The molecule has 90 valence electrons. The smallest absolute Gasteiger partial charge is 0.251 e. The number of hydrogen-bond acceptors (Lipinski definition) is 5. The van der Waals surface area contributed by atoms with Crippen LogP contribution in [0.3, 0.4) is 0 Å². The molecule has 1 aromatic carbocycles. The maximum atomic E-state index is 11.9. The number of benzene rings is 1. The molecule has 1 heterocycles. The van der Waals surface area contributed by atoms with Crippen LogP contribution in [0.4, 0.5) is 0 Å². The monoisotopic (exact) mass is 242 g/mol. The van der Waals surface area contributed by atoms with Crippen LogP contribution >= 0.6 is 0 Å². The lowest BCUT2D eigenvalue weighted by molar-refractivity contribution is 0.0938. The molecule has 1 amide bonds. The molecule has 7 heteroatoms. The quantitative estimate of drug-likeness (QED) is 0.817. The lowest BCUT2D eigenvalue weighted by Gasteiger charge is -2.09. The van der Waals surface area contributed by atoms with E-state index in [0.717, 1.165) is 0 Å². The van der Waals surface area contributed by atoms with Crippen LogP contribution in [0.15, 0.2) is 24.3 Å². The molecule has 0 saturated carbocycles. The highest BCUT2D eigenvalue weighted by Gasteiger charge is 2.14. The van der Waals surface area contributed by atoms with E-state index in [-0.39, 0.29) is 11.9 Å². The van der Waals surface area contributed by atoms with Crippen molar-refractivity contribution in [1.29, 1.82) is 5.26 Å². The number of amides is 1. The Balaban J connectivity index is 2.10. The second kappa shape index (κ2) is 5.05. The molecule has 0 fully saturated rings. The van der Waals surface area contributed by atoms with Gasteiger partial charge in [-0.15, -0.1) is 10.2 Å². The van der Waals surface area contributed by atoms with E-state index in [1.807, 2.05) is 6.07 Å². The minimum Gasteiger partial charge on any atom is -0.342 e. The van der Waals surface area contributed by atoms with Crippen molar-refractivity contribution in [2.24, 2.45) is 0 Å². The third kappa shape index (κ3) is 2.49. The molecule has 1 unspecified atom stereocenters. The van der Waals surface area contributed by atoms with Gasteiger partial charge < -0.3 is 5.32 Å². The molecule has 1 aromatic heterocycles. The topological polar surface area (TPSA) is 107 Å². The average Bonchev–Trinajstić information content (AvgIpc) is 2.92. The van der Waals surface area contributed by atoms with Crippen molar-refractivity contribution in [1.82, 2.24) is 25.9 Å². The molecule has 2 aromatic rings. The zero-order valence-electron chi connectivity index (χ0n) is 9.58. The summed E-state index contributed by atoms with van der Waals surface area (Å²) in [5, 5.41) is 24.8. The number of H-pyrrole nitrogens is 1. The number of nitriles is 1. The number of aromatic amines is 1. The fourth-order valence-electron chi connectivity index (χ4n) is 1.43. The molecule has 7 nitrogen and oxygen atoms in total. The Labute approximate surface area is 103 Å². The van der Waals surface area contributed by atoms with Crippen molar-refractivity contribution in [2.75, 3.05) is 0 Å². The number of tetrazole rings is 1. The third-order valence-corrected chi connectivity index (χ3v) is 2.35. The van der Waals surface area contributed by atoms with E-state index >= 15 is 0 Å². The molecule has 1 atom stereocenters. The number of carbonyl (C=O) groups is 1. The first-order valence-corrected chi connectivity index (χ1v) is 5.25. The highest BCUT2D eigenvalue weighted by atomic mass is 16.1. The summed E-state index contributed by atoms with van der Waals surface area (Å²) in [6.45, 7) is 1.75. The van der Waals surface area contributed by atoms with Gasteiger partial charge in [-0.25, -0.2) is 0 Å². The summed E-state index contributed by atoms with van der Waals surface area (Å²) < 4.78 is 0. The van der Waals surface area contributed by atoms with Crippen molar-refractivity contribution >= 4 is 5.91 Å². The highest BCUT2D eigenvalue weighted by molar-refractivity contribution is 5.94. The summed E-state index contributed by atoms with van der Waals surface area (Å²) in [7, 11) is 0. The van der Waals surface area contributed by atoms with Crippen molar-refractivity contribution in [2.45, 2.75) is 13.0 Å². The van der Waals surface area contributed by atoms with Crippen molar-refractivity contribution in [3.05, 3.63) is 41.2 Å². The summed E-state index contributed by atoms with van der Waals surface area (Å²) >= 11 is 0. The molecule has 2 rings (SSSR count). The van der Waals surface area contributed by atoms with Crippen LogP contribution in [0.2, 0.25) is 0 Å². The third-order valence-electron chi connectivity index (χ3n) is 2.35. The normalized spacial score (nSPS) is 11.6. The van der Waals surface area contributed by atoms with Gasteiger partial charge in [0.25, 0.3) is 5.91 Å². The molecule has 0 saturated heterocycles. The lowest BCUT2D eigenvalue weighted by Crippen LogP contribution is -2.27. The number of nitrogens with one attached hydrogen (secondary N) is 2. The van der Waals surface area contributed by atoms with Crippen LogP contribution in [0.25, 0.3) is 0 Å². The van der Waals surface area contributed by atoms with Crippen LogP contribution in [-0.2, 0) is 0 Å². The fourth-order valence-corrected chi connectivity index (χ4v) is 1.43. The van der Waals surface area contributed by atoms with E-state index in [2.05, 4.69) is 25.9 Å². The Morgan fingerprint density at radius 3 is 3.06 bits per heavy atom. The molecular formula is C11H10N6O. The second-order valence-electron chi connectivity index (χ2n) is 3.66. The van der Waals surface area contributed by atoms with Crippen LogP contribution in [0.5, 0.6) is 0 Å². The molecule has 0 aliphatic carbocycles. The second-order valence-corrected chi connectivity index (χ2v) is 3.66. The van der Waals surface area contributed by atoms with E-state index in [4.69, 9.17) is 5.26 Å². The number of aromatic nitrogens is 4. The average molecular weight is 242 g/mol. The zero-order chi connectivity index (χ0) is 13.0. The number of hydrogen-bond donors (Lipinski definition) is 2. The predicted molar refractivity (Wildman–Crippen MR) is 61.2 cm³/mol. The minimum absolute atomic E-state index is 0.288. The largest absolute Gasteiger partial charge is 0.342 e. The first-order chi connectivity index (χ1) is 8.70. The molecule has 0 bridgehead atoms. The predicted octanol–water partition coefficient (Wildman–Crippen LogP) is 0.562. The summed E-state index contributed by atoms with van der Waals surface area (Å²) in [5.74, 6) is 0.115. The van der Waals surface area contributed by atoms with Crippen molar-refractivity contribution in [3.8, 4) is 6.07 Å². The summed E-state index contributed by atoms with van der Waals surface area (Å²) in [6.07, 6.45) is 0. The highest BCUT2D eigenvalue weighted by Crippen LogP contribution is 2.08. The Hall–Kier alpha value is -2.75. The van der Waals surface area contributed by atoms with Gasteiger partial charge in [0.05, 0.1) is 17.7 Å². The van der Waals surface area contributed by atoms with Crippen LogP contribution in [0, 0.1) is 11.3 Å². The lowest BCUT2D eigenvalue weighted by atomic mass is 10.1. The molecule has 2 N–H and O–H groups in total. The number of rotatable bonds is 3. The molecule has 0 radical (unpaired) electrons. The van der Waals surface area contributed by atoms with Gasteiger partial charge in [-0.2, -0.15) is 10.5 Å². The molecule has 0 spiro atoms. The van der Waals surface area contributed by atoms with Gasteiger partial charge in [0.2, 0.25) is 0 Å². The molecule has 0 aliphatic heterocycles.